The number of hydrogen-bond donors (Lipinski definition) is 0. The van der Waals surface area contributed by atoms with Gasteiger partial charge in [-0.2, -0.15) is 13.2 Å². The number of fused-ring (bicyclic) bond motifs is 1. The van der Waals surface area contributed by atoms with Crippen LogP contribution in [-0.4, -0.2) is 54.7 Å². The van der Waals surface area contributed by atoms with Crippen molar-refractivity contribution in [3.05, 3.63) is 36.1 Å². The molecule has 6 nitrogen and oxygen atoms in total. The van der Waals surface area contributed by atoms with E-state index >= 15 is 0 Å². The summed E-state index contributed by atoms with van der Waals surface area (Å²) >= 11 is 0. The van der Waals surface area contributed by atoms with Crippen molar-refractivity contribution in [2.45, 2.75) is 32.0 Å². The summed E-state index contributed by atoms with van der Waals surface area (Å²) in [5, 5.41) is 0.959. The van der Waals surface area contributed by atoms with E-state index in [0.29, 0.717) is 18.6 Å². The van der Waals surface area contributed by atoms with Crippen molar-refractivity contribution in [1.29, 1.82) is 0 Å². The van der Waals surface area contributed by atoms with Crippen molar-refractivity contribution in [3.63, 3.8) is 0 Å². The summed E-state index contributed by atoms with van der Waals surface area (Å²) in [5.41, 5.74) is 0.751. The first-order valence-electron chi connectivity index (χ1n) is 9.39. The summed E-state index contributed by atoms with van der Waals surface area (Å²) in [5.74, 6) is 0.287. The second-order valence-corrected chi connectivity index (χ2v) is 7.24. The number of hydrogen-bond acceptors (Lipinski definition) is 4. The number of piperidine rings is 1. The van der Waals surface area contributed by atoms with Crippen LogP contribution in [-0.2, 0) is 9.53 Å². The van der Waals surface area contributed by atoms with E-state index < -0.39 is 18.9 Å². The second-order valence-electron chi connectivity index (χ2n) is 7.24. The summed E-state index contributed by atoms with van der Waals surface area (Å²) in [6, 6.07) is 9.22. The predicted molar refractivity (Wildman–Crippen MR) is 99.1 cm³/mol. The number of carbonyl (C=O) groups excluding carboxylic acids is 2. The number of ether oxygens (including phenoxy) is 1. The van der Waals surface area contributed by atoms with Crippen LogP contribution < -0.4 is 0 Å². The molecule has 1 aliphatic rings. The van der Waals surface area contributed by atoms with Crippen molar-refractivity contribution >= 4 is 23.0 Å². The molecule has 158 valence electrons. The van der Waals surface area contributed by atoms with Crippen molar-refractivity contribution in [2.24, 2.45) is 5.92 Å². The predicted octanol–water partition coefficient (Wildman–Crippen LogP) is 4.36. The Balaban J connectivity index is 1.55. The maximum absolute atomic E-state index is 12.9. The highest BCUT2D eigenvalue weighted by atomic mass is 19.4. The fourth-order valence-corrected chi connectivity index (χ4v) is 3.42. The molecule has 1 unspecified atom stereocenters. The number of rotatable bonds is 4. The summed E-state index contributed by atoms with van der Waals surface area (Å²) in [6.45, 7) is 0.627. The Morgan fingerprint density at radius 2 is 1.93 bits per heavy atom. The summed E-state index contributed by atoms with van der Waals surface area (Å²) in [7, 11) is 1.70. The Labute approximate surface area is 166 Å². The van der Waals surface area contributed by atoms with E-state index in [9.17, 15) is 22.8 Å². The molecular weight excluding hydrogens is 389 g/mol. The van der Waals surface area contributed by atoms with E-state index in [4.69, 9.17) is 4.42 Å². The standard InChI is InChI=1S/C20H23F3N2O4/c1-13(17-11-15-5-3-4-6-16(15)29-17)24(2)18(26)14-7-9-25(10-8-14)19(27)28-12-20(21,22)23/h3-6,11,13-14H,7-10,12H2,1-2H3. The van der Waals surface area contributed by atoms with Crippen molar-refractivity contribution in [2.75, 3.05) is 26.7 Å². The van der Waals surface area contributed by atoms with E-state index in [1.165, 1.54) is 4.90 Å². The van der Waals surface area contributed by atoms with Crippen LogP contribution in [0.15, 0.2) is 34.7 Å². The molecule has 1 fully saturated rings. The highest BCUT2D eigenvalue weighted by molar-refractivity contribution is 5.80. The molecule has 0 bridgehead atoms. The Kier molecular flexibility index (Phi) is 6.04. The number of para-hydroxylation sites is 1. The molecule has 1 saturated heterocycles. The third-order valence-electron chi connectivity index (χ3n) is 5.25. The van der Waals surface area contributed by atoms with Crippen LogP contribution in [0.1, 0.15) is 31.6 Å². The molecule has 0 N–H and O–H groups in total. The molecule has 0 saturated carbocycles. The van der Waals surface area contributed by atoms with Gasteiger partial charge in [-0.05, 0) is 31.9 Å². The number of furan rings is 1. The van der Waals surface area contributed by atoms with Gasteiger partial charge in [0.25, 0.3) is 0 Å². The zero-order valence-corrected chi connectivity index (χ0v) is 16.2. The quantitative estimate of drug-likeness (QED) is 0.749. The van der Waals surface area contributed by atoms with Crippen LogP contribution in [0.25, 0.3) is 11.0 Å². The number of likely N-dealkylation sites (tertiary alicyclic amines) is 1. The number of amides is 2. The molecule has 0 aliphatic carbocycles. The van der Waals surface area contributed by atoms with Crippen molar-refractivity contribution in [1.82, 2.24) is 9.80 Å². The topological polar surface area (TPSA) is 63.0 Å². The Hall–Kier alpha value is -2.71. The molecule has 2 amide bonds. The van der Waals surface area contributed by atoms with Gasteiger partial charge in [-0.25, -0.2) is 4.79 Å². The number of nitrogens with zero attached hydrogens (tertiary/aromatic N) is 2. The molecule has 0 radical (unpaired) electrons. The molecule has 2 aromatic rings. The lowest BCUT2D eigenvalue weighted by atomic mass is 9.95. The van der Waals surface area contributed by atoms with Crippen LogP contribution in [0, 0.1) is 5.92 Å². The van der Waals surface area contributed by atoms with Gasteiger partial charge in [-0.3, -0.25) is 4.79 Å². The lowest BCUT2D eigenvalue weighted by Crippen LogP contribution is -2.44. The molecule has 1 aliphatic heterocycles. The first kappa shape index (κ1) is 21.0. The van der Waals surface area contributed by atoms with Crippen molar-refractivity contribution < 1.29 is 31.9 Å². The van der Waals surface area contributed by atoms with Crippen LogP contribution in [0.5, 0.6) is 0 Å². The molecular formula is C20H23F3N2O4. The van der Waals surface area contributed by atoms with Crippen LogP contribution in [0.2, 0.25) is 0 Å². The number of benzene rings is 1. The van der Waals surface area contributed by atoms with Gasteiger partial charge in [0.1, 0.15) is 11.3 Å². The van der Waals surface area contributed by atoms with Gasteiger partial charge >= 0.3 is 12.3 Å². The summed E-state index contributed by atoms with van der Waals surface area (Å²) < 4.78 is 46.6. The Morgan fingerprint density at radius 1 is 1.28 bits per heavy atom. The van der Waals surface area contributed by atoms with Gasteiger partial charge in [0.15, 0.2) is 6.61 Å². The molecule has 1 aromatic carbocycles. The first-order chi connectivity index (χ1) is 13.7. The van der Waals surface area contributed by atoms with Crippen LogP contribution >= 0.6 is 0 Å². The average molecular weight is 412 g/mol. The second kappa shape index (κ2) is 8.34. The van der Waals surface area contributed by atoms with E-state index in [2.05, 4.69) is 4.74 Å². The fourth-order valence-electron chi connectivity index (χ4n) is 3.42. The maximum Gasteiger partial charge on any atom is 0.422 e. The molecule has 1 aromatic heterocycles. The molecule has 2 heterocycles. The molecule has 0 spiro atoms. The highest BCUT2D eigenvalue weighted by Gasteiger charge is 2.34. The van der Waals surface area contributed by atoms with Gasteiger partial charge < -0.3 is 19.0 Å². The zero-order chi connectivity index (χ0) is 21.2. The lowest BCUT2D eigenvalue weighted by molar-refractivity contribution is -0.162. The molecule has 9 heteroatoms. The van der Waals surface area contributed by atoms with Gasteiger partial charge in [-0.1, -0.05) is 18.2 Å². The van der Waals surface area contributed by atoms with E-state index in [0.717, 1.165) is 11.0 Å². The van der Waals surface area contributed by atoms with Crippen molar-refractivity contribution in [3.8, 4) is 0 Å². The minimum absolute atomic E-state index is 0.0822. The first-order valence-corrected chi connectivity index (χ1v) is 9.39. The van der Waals surface area contributed by atoms with Gasteiger partial charge in [-0.15, -0.1) is 0 Å². The van der Waals surface area contributed by atoms with E-state index in [1.54, 1.807) is 11.9 Å². The summed E-state index contributed by atoms with van der Waals surface area (Å²) in [4.78, 5) is 27.4. The van der Waals surface area contributed by atoms with Crippen LogP contribution in [0.3, 0.4) is 0 Å². The lowest BCUT2D eigenvalue weighted by Gasteiger charge is -2.34. The normalized spacial score (nSPS) is 16.7. The average Bonchev–Trinajstić information content (AvgIpc) is 3.14. The largest absolute Gasteiger partial charge is 0.459 e. The van der Waals surface area contributed by atoms with Gasteiger partial charge in [0.2, 0.25) is 5.91 Å². The molecule has 3 rings (SSSR count). The van der Waals surface area contributed by atoms with Gasteiger partial charge in [0, 0.05) is 31.4 Å². The highest BCUT2D eigenvalue weighted by Crippen LogP contribution is 2.29. The fraction of sp³-hybridized carbons (Fsp3) is 0.500. The number of halogens is 3. The smallest absolute Gasteiger partial charge is 0.422 e. The van der Waals surface area contributed by atoms with E-state index in [1.807, 2.05) is 37.3 Å². The molecule has 1 atom stereocenters. The van der Waals surface area contributed by atoms with Crippen LogP contribution in [0.4, 0.5) is 18.0 Å². The Bertz CT molecular complexity index is 839. The third kappa shape index (κ3) is 5.02. The zero-order valence-electron chi connectivity index (χ0n) is 16.2. The number of alkyl halides is 3. The number of carbonyl (C=O) groups is 2. The third-order valence-corrected chi connectivity index (χ3v) is 5.25. The monoisotopic (exact) mass is 412 g/mol. The molecule has 29 heavy (non-hydrogen) atoms. The minimum atomic E-state index is -4.56. The maximum atomic E-state index is 12.9. The van der Waals surface area contributed by atoms with E-state index in [-0.39, 0.29) is 31.0 Å². The Morgan fingerprint density at radius 3 is 2.55 bits per heavy atom. The van der Waals surface area contributed by atoms with Gasteiger partial charge in [0.05, 0.1) is 6.04 Å². The minimum Gasteiger partial charge on any atom is -0.459 e. The summed E-state index contributed by atoms with van der Waals surface area (Å²) in [6.07, 6.45) is -4.81. The SMILES string of the molecule is CC(c1cc2ccccc2o1)N(C)C(=O)C1CCN(C(=O)OCC(F)(F)F)CC1.